The summed E-state index contributed by atoms with van der Waals surface area (Å²) in [5, 5.41) is 0. The summed E-state index contributed by atoms with van der Waals surface area (Å²) in [5.74, 6) is 0.171. The van der Waals surface area contributed by atoms with Crippen LogP contribution in [-0.2, 0) is 9.53 Å². The zero-order valence-corrected chi connectivity index (χ0v) is 7.17. The first-order valence-electron chi connectivity index (χ1n) is 4.02. The standard InChI is InChI=1S/C8H15NO2/c1-7(10)9-5-3-4-8(9)6-11-2/h8H,3-6H2,1-2H3. The minimum absolute atomic E-state index is 0.171. The van der Waals surface area contributed by atoms with E-state index in [4.69, 9.17) is 4.74 Å². The monoisotopic (exact) mass is 157 g/mol. The SMILES string of the molecule is COCC1CCCN1C(C)=O. The van der Waals surface area contributed by atoms with Crippen LogP contribution < -0.4 is 0 Å². The van der Waals surface area contributed by atoms with Gasteiger partial charge in [0.25, 0.3) is 0 Å². The summed E-state index contributed by atoms with van der Waals surface area (Å²) in [4.78, 5) is 12.9. The molecule has 0 aliphatic carbocycles. The molecule has 1 saturated heterocycles. The van der Waals surface area contributed by atoms with Crippen LogP contribution in [0.5, 0.6) is 0 Å². The average Bonchev–Trinajstić information content (AvgIpc) is 2.36. The molecule has 1 aliphatic rings. The van der Waals surface area contributed by atoms with Gasteiger partial charge in [0.05, 0.1) is 12.6 Å². The van der Waals surface area contributed by atoms with E-state index in [-0.39, 0.29) is 5.91 Å². The minimum atomic E-state index is 0.171. The van der Waals surface area contributed by atoms with Crippen molar-refractivity contribution < 1.29 is 9.53 Å². The molecular formula is C8H15NO2. The van der Waals surface area contributed by atoms with Crippen LogP contribution in [0, 0.1) is 0 Å². The summed E-state index contributed by atoms with van der Waals surface area (Å²) < 4.78 is 5.01. The topological polar surface area (TPSA) is 29.5 Å². The molecule has 0 radical (unpaired) electrons. The average molecular weight is 157 g/mol. The van der Waals surface area contributed by atoms with Crippen molar-refractivity contribution in [2.45, 2.75) is 25.8 Å². The van der Waals surface area contributed by atoms with E-state index in [1.54, 1.807) is 14.0 Å². The van der Waals surface area contributed by atoms with Gasteiger partial charge >= 0.3 is 0 Å². The molecule has 0 aromatic carbocycles. The molecular weight excluding hydrogens is 142 g/mol. The van der Waals surface area contributed by atoms with Crippen molar-refractivity contribution in [3.05, 3.63) is 0 Å². The molecule has 1 rings (SSSR count). The zero-order chi connectivity index (χ0) is 8.27. The highest BCUT2D eigenvalue weighted by molar-refractivity contribution is 5.73. The summed E-state index contributed by atoms with van der Waals surface area (Å²) in [6.45, 7) is 3.21. The predicted octanol–water partition coefficient (Wildman–Crippen LogP) is 0.644. The molecule has 1 heterocycles. The van der Waals surface area contributed by atoms with Crippen molar-refractivity contribution in [3.8, 4) is 0 Å². The third-order valence-electron chi connectivity index (χ3n) is 2.14. The van der Waals surface area contributed by atoms with E-state index in [1.165, 1.54) is 0 Å². The van der Waals surface area contributed by atoms with E-state index >= 15 is 0 Å². The van der Waals surface area contributed by atoms with Gasteiger partial charge in [0.2, 0.25) is 5.91 Å². The fourth-order valence-corrected chi connectivity index (χ4v) is 1.62. The largest absolute Gasteiger partial charge is 0.383 e. The third kappa shape index (κ3) is 1.93. The molecule has 1 aliphatic heterocycles. The van der Waals surface area contributed by atoms with Crippen LogP contribution in [0.15, 0.2) is 0 Å². The van der Waals surface area contributed by atoms with Crippen molar-refractivity contribution in [3.63, 3.8) is 0 Å². The summed E-state index contributed by atoms with van der Waals surface area (Å²) in [6, 6.07) is 0.331. The predicted molar refractivity (Wildman–Crippen MR) is 42.3 cm³/mol. The number of rotatable bonds is 2. The van der Waals surface area contributed by atoms with Crippen molar-refractivity contribution >= 4 is 5.91 Å². The number of carbonyl (C=O) groups excluding carboxylic acids is 1. The van der Waals surface area contributed by atoms with Crippen LogP contribution in [0.25, 0.3) is 0 Å². The molecule has 0 bridgehead atoms. The van der Waals surface area contributed by atoms with E-state index in [1.807, 2.05) is 4.90 Å². The molecule has 1 amide bonds. The van der Waals surface area contributed by atoms with Gasteiger partial charge in [0, 0.05) is 20.6 Å². The molecule has 1 fully saturated rings. The first kappa shape index (κ1) is 8.53. The number of hydrogen-bond donors (Lipinski definition) is 0. The molecule has 0 saturated carbocycles. The summed E-state index contributed by atoms with van der Waals surface area (Å²) >= 11 is 0. The first-order chi connectivity index (χ1) is 5.25. The molecule has 1 atom stereocenters. The second kappa shape index (κ2) is 3.72. The molecule has 64 valence electrons. The van der Waals surface area contributed by atoms with Gasteiger partial charge in [-0.15, -0.1) is 0 Å². The lowest BCUT2D eigenvalue weighted by Crippen LogP contribution is -2.36. The van der Waals surface area contributed by atoms with E-state index in [0.29, 0.717) is 12.6 Å². The van der Waals surface area contributed by atoms with Crippen LogP contribution in [-0.4, -0.2) is 37.1 Å². The van der Waals surface area contributed by atoms with Gasteiger partial charge in [0.15, 0.2) is 0 Å². The lowest BCUT2D eigenvalue weighted by Gasteiger charge is -2.22. The number of amides is 1. The van der Waals surface area contributed by atoms with Gasteiger partial charge in [-0.1, -0.05) is 0 Å². The van der Waals surface area contributed by atoms with Crippen LogP contribution in [0.3, 0.4) is 0 Å². The van der Waals surface area contributed by atoms with E-state index < -0.39 is 0 Å². The summed E-state index contributed by atoms with van der Waals surface area (Å²) in [6.07, 6.45) is 2.21. The van der Waals surface area contributed by atoms with Crippen LogP contribution in [0.1, 0.15) is 19.8 Å². The highest BCUT2D eigenvalue weighted by atomic mass is 16.5. The Morgan fingerprint density at radius 1 is 1.73 bits per heavy atom. The van der Waals surface area contributed by atoms with Crippen molar-refractivity contribution in [1.29, 1.82) is 0 Å². The number of hydrogen-bond acceptors (Lipinski definition) is 2. The molecule has 3 nitrogen and oxygen atoms in total. The van der Waals surface area contributed by atoms with E-state index in [2.05, 4.69) is 0 Å². The molecule has 0 aromatic heterocycles. The lowest BCUT2D eigenvalue weighted by molar-refractivity contribution is -0.130. The molecule has 11 heavy (non-hydrogen) atoms. The highest BCUT2D eigenvalue weighted by Gasteiger charge is 2.25. The maximum Gasteiger partial charge on any atom is 0.219 e. The van der Waals surface area contributed by atoms with Gasteiger partial charge in [-0.3, -0.25) is 4.79 Å². The molecule has 0 N–H and O–H groups in total. The van der Waals surface area contributed by atoms with Gasteiger partial charge in [-0.05, 0) is 12.8 Å². The first-order valence-corrected chi connectivity index (χ1v) is 4.02. The number of methoxy groups -OCH3 is 1. The molecule has 0 spiro atoms. The van der Waals surface area contributed by atoms with Gasteiger partial charge in [0.1, 0.15) is 0 Å². The molecule has 3 heteroatoms. The van der Waals surface area contributed by atoms with E-state index in [0.717, 1.165) is 19.4 Å². The Labute approximate surface area is 67.3 Å². The maximum atomic E-state index is 11.0. The lowest BCUT2D eigenvalue weighted by atomic mass is 10.2. The van der Waals surface area contributed by atoms with Crippen LogP contribution >= 0.6 is 0 Å². The van der Waals surface area contributed by atoms with Gasteiger partial charge in [-0.2, -0.15) is 0 Å². The highest BCUT2D eigenvalue weighted by Crippen LogP contribution is 2.16. The summed E-state index contributed by atoms with van der Waals surface area (Å²) in [7, 11) is 1.68. The Kier molecular flexibility index (Phi) is 2.88. The fraction of sp³-hybridized carbons (Fsp3) is 0.875. The Balaban J connectivity index is 2.44. The smallest absolute Gasteiger partial charge is 0.219 e. The Hall–Kier alpha value is -0.570. The van der Waals surface area contributed by atoms with Crippen molar-refractivity contribution in [1.82, 2.24) is 4.90 Å². The third-order valence-corrected chi connectivity index (χ3v) is 2.14. The fourth-order valence-electron chi connectivity index (χ4n) is 1.62. The second-order valence-corrected chi connectivity index (χ2v) is 2.96. The Morgan fingerprint density at radius 2 is 2.45 bits per heavy atom. The van der Waals surface area contributed by atoms with Crippen molar-refractivity contribution in [2.75, 3.05) is 20.3 Å². The number of carbonyl (C=O) groups is 1. The van der Waals surface area contributed by atoms with Gasteiger partial charge in [-0.25, -0.2) is 0 Å². The zero-order valence-electron chi connectivity index (χ0n) is 7.17. The molecule has 1 unspecified atom stereocenters. The normalized spacial score (nSPS) is 24.2. The second-order valence-electron chi connectivity index (χ2n) is 2.96. The van der Waals surface area contributed by atoms with Crippen LogP contribution in [0.2, 0.25) is 0 Å². The van der Waals surface area contributed by atoms with Crippen LogP contribution in [0.4, 0.5) is 0 Å². The number of ether oxygens (including phenoxy) is 1. The quantitative estimate of drug-likeness (QED) is 0.589. The molecule has 0 aromatic rings. The van der Waals surface area contributed by atoms with Crippen molar-refractivity contribution in [2.24, 2.45) is 0 Å². The minimum Gasteiger partial charge on any atom is -0.383 e. The van der Waals surface area contributed by atoms with E-state index in [9.17, 15) is 4.79 Å². The maximum absolute atomic E-state index is 11.0. The number of likely N-dealkylation sites (tertiary alicyclic amines) is 1. The van der Waals surface area contributed by atoms with Gasteiger partial charge < -0.3 is 9.64 Å². The Bertz CT molecular complexity index is 147. The Morgan fingerprint density at radius 3 is 3.00 bits per heavy atom. The summed E-state index contributed by atoms with van der Waals surface area (Å²) in [5.41, 5.74) is 0. The number of nitrogens with zero attached hydrogens (tertiary/aromatic N) is 1.